The van der Waals surface area contributed by atoms with E-state index in [-0.39, 0.29) is 12.0 Å². The molecule has 15 heavy (non-hydrogen) atoms. The van der Waals surface area contributed by atoms with E-state index >= 15 is 0 Å². The molecule has 0 aromatic heterocycles. The maximum Gasteiger partial charge on any atom is 0.0646 e. The Labute approximate surface area is 93.7 Å². The Hall–Kier alpha value is -0.0800. The van der Waals surface area contributed by atoms with Crippen molar-refractivity contribution in [2.24, 2.45) is 11.8 Å². The van der Waals surface area contributed by atoms with Gasteiger partial charge in [0, 0.05) is 0 Å². The van der Waals surface area contributed by atoms with E-state index in [0.29, 0.717) is 5.92 Å². The van der Waals surface area contributed by atoms with Crippen LogP contribution < -0.4 is 0 Å². The minimum absolute atomic E-state index is 0.197. The molecule has 2 N–H and O–H groups in total. The second-order valence-electron chi connectivity index (χ2n) is 5.68. The zero-order valence-electron chi connectivity index (χ0n) is 10.4. The van der Waals surface area contributed by atoms with Gasteiger partial charge in [0.15, 0.2) is 0 Å². The van der Waals surface area contributed by atoms with Crippen LogP contribution in [0, 0.1) is 11.8 Å². The molecule has 0 spiro atoms. The Morgan fingerprint density at radius 3 is 2.40 bits per heavy atom. The first kappa shape index (κ1) is 13.0. The Kier molecular flexibility index (Phi) is 4.60. The van der Waals surface area contributed by atoms with Crippen LogP contribution in [-0.4, -0.2) is 21.9 Å². The summed E-state index contributed by atoms with van der Waals surface area (Å²) in [6.07, 6.45) is 6.11. The molecule has 1 aliphatic carbocycles. The summed E-state index contributed by atoms with van der Waals surface area (Å²) in [4.78, 5) is 0. The van der Waals surface area contributed by atoms with Crippen molar-refractivity contribution in [3.8, 4) is 0 Å². The summed E-state index contributed by atoms with van der Waals surface area (Å²) >= 11 is 0. The van der Waals surface area contributed by atoms with E-state index < -0.39 is 5.60 Å². The average molecular weight is 214 g/mol. The van der Waals surface area contributed by atoms with Crippen LogP contribution in [0.3, 0.4) is 0 Å². The Morgan fingerprint density at radius 1 is 1.20 bits per heavy atom. The van der Waals surface area contributed by atoms with Crippen LogP contribution in [0.4, 0.5) is 0 Å². The molecule has 1 saturated carbocycles. The van der Waals surface area contributed by atoms with Crippen LogP contribution in [0.2, 0.25) is 0 Å². The van der Waals surface area contributed by atoms with Crippen molar-refractivity contribution in [1.29, 1.82) is 0 Å². The lowest BCUT2D eigenvalue weighted by Gasteiger charge is -2.33. The van der Waals surface area contributed by atoms with Crippen LogP contribution in [-0.2, 0) is 0 Å². The first-order valence-electron chi connectivity index (χ1n) is 6.34. The molecular weight excluding hydrogens is 188 g/mol. The van der Waals surface area contributed by atoms with Crippen LogP contribution in [0.5, 0.6) is 0 Å². The lowest BCUT2D eigenvalue weighted by molar-refractivity contribution is -0.0329. The second-order valence-corrected chi connectivity index (χ2v) is 5.68. The first-order chi connectivity index (χ1) is 6.93. The van der Waals surface area contributed by atoms with E-state index in [1.54, 1.807) is 0 Å². The van der Waals surface area contributed by atoms with Gasteiger partial charge in [-0.25, -0.2) is 0 Å². The van der Waals surface area contributed by atoms with E-state index in [1.165, 1.54) is 12.8 Å². The Bertz CT molecular complexity index is 187. The van der Waals surface area contributed by atoms with Gasteiger partial charge in [0.05, 0.1) is 11.7 Å². The van der Waals surface area contributed by atoms with E-state index in [4.69, 9.17) is 0 Å². The lowest BCUT2D eigenvalue weighted by atomic mass is 9.80. The maximum atomic E-state index is 10.2. The number of hydrogen-bond acceptors (Lipinski definition) is 2. The molecule has 0 amide bonds. The summed E-state index contributed by atoms with van der Waals surface area (Å²) in [5.41, 5.74) is -0.629. The van der Waals surface area contributed by atoms with Crippen molar-refractivity contribution in [2.45, 2.75) is 71.0 Å². The molecule has 2 nitrogen and oxygen atoms in total. The van der Waals surface area contributed by atoms with Gasteiger partial charge in [0.1, 0.15) is 0 Å². The zero-order valence-corrected chi connectivity index (χ0v) is 10.4. The van der Waals surface area contributed by atoms with E-state index in [0.717, 1.165) is 25.7 Å². The molecule has 0 aromatic rings. The van der Waals surface area contributed by atoms with Gasteiger partial charge in [0.2, 0.25) is 0 Å². The van der Waals surface area contributed by atoms with Gasteiger partial charge in [0.25, 0.3) is 0 Å². The smallest absolute Gasteiger partial charge is 0.0646 e. The van der Waals surface area contributed by atoms with Gasteiger partial charge in [-0.15, -0.1) is 0 Å². The van der Waals surface area contributed by atoms with Crippen molar-refractivity contribution < 1.29 is 10.2 Å². The molecule has 3 unspecified atom stereocenters. The Morgan fingerprint density at radius 2 is 1.80 bits per heavy atom. The Balaban J connectivity index is 2.54. The number of aliphatic hydroxyl groups is 2. The molecule has 90 valence electrons. The fourth-order valence-corrected chi connectivity index (χ4v) is 2.37. The second kappa shape index (κ2) is 5.31. The molecule has 1 rings (SSSR count). The quantitative estimate of drug-likeness (QED) is 0.709. The van der Waals surface area contributed by atoms with Crippen LogP contribution >= 0.6 is 0 Å². The molecule has 0 heterocycles. The lowest BCUT2D eigenvalue weighted by Crippen LogP contribution is -2.36. The first-order valence-corrected chi connectivity index (χ1v) is 6.34. The van der Waals surface area contributed by atoms with Crippen molar-refractivity contribution in [3.05, 3.63) is 0 Å². The number of aliphatic hydroxyl groups excluding tert-OH is 1. The molecule has 3 atom stereocenters. The summed E-state index contributed by atoms with van der Waals surface area (Å²) in [6, 6.07) is 0. The van der Waals surface area contributed by atoms with Gasteiger partial charge in [-0.2, -0.15) is 0 Å². The minimum Gasteiger partial charge on any atom is -0.393 e. The molecule has 1 aliphatic rings. The summed E-state index contributed by atoms with van der Waals surface area (Å²) in [5, 5.41) is 20.2. The van der Waals surface area contributed by atoms with Gasteiger partial charge < -0.3 is 10.2 Å². The predicted molar refractivity (Wildman–Crippen MR) is 62.7 cm³/mol. The number of hydrogen-bond donors (Lipinski definition) is 2. The average Bonchev–Trinajstić information content (AvgIpc) is 2.31. The highest BCUT2D eigenvalue weighted by Crippen LogP contribution is 2.33. The summed E-state index contributed by atoms with van der Waals surface area (Å²) < 4.78 is 0. The van der Waals surface area contributed by atoms with Crippen LogP contribution in [0.1, 0.15) is 59.3 Å². The highest BCUT2D eigenvalue weighted by molar-refractivity contribution is 4.84. The SMILES string of the molecule is CC(C)C(C)(O)CC1CCCCCC1O. The topological polar surface area (TPSA) is 40.5 Å². The molecular formula is C13H26O2. The highest BCUT2D eigenvalue weighted by Gasteiger charge is 2.32. The standard InChI is InChI=1S/C13H26O2/c1-10(2)13(3,15)9-11-7-5-4-6-8-12(11)14/h10-12,14-15H,4-9H2,1-3H3. The van der Waals surface area contributed by atoms with Gasteiger partial charge >= 0.3 is 0 Å². The fourth-order valence-electron chi connectivity index (χ4n) is 2.37. The van der Waals surface area contributed by atoms with Crippen molar-refractivity contribution in [3.63, 3.8) is 0 Å². The summed E-state index contributed by atoms with van der Waals surface area (Å²) in [5.74, 6) is 0.554. The molecule has 0 aliphatic heterocycles. The summed E-state index contributed by atoms with van der Waals surface area (Å²) in [7, 11) is 0. The predicted octanol–water partition coefficient (Wildman–Crippen LogP) is 2.72. The minimum atomic E-state index is -0.629. The van der Waals surface area contributed by atoms with E-state index in [1.807, 2.05) is 20.8 Å². The maximum absolute atomic E-state index is 10.2. The third kappa shape index (κ3) is 3.76. The normalized spacial score (nSPS) is 32.4. The molecule has 0 radical (unpaired) electrons. The molecule has 0 aromatic carbocycles. The molecule has 2 heteroatoms. The van der Waals surface area contributed by atoms with Crippen molar-refractivity contribution in [1.82, 2.24) is 0 Å². The van der Waals surface area contributed by atoms with Crippen molar-refractivity contribution >= 4 is 0 Å². The third-order valence-electron chi connectivity index (χ3n) is 4.04. The van der Waals surface area contributed by atoms with Crippen molar-refractivity contribution in [2.75, 3.05) is 0 Å². The molecule has 0 bridgehead atoms. The van der Waals surface area contributed by atoms with Crippen LogP contribution in [0.25, 0.3) is 0 Å². The largest absolute Gasteiger partial charge is 0.393 e. The summed E-state index contributed by atoms with van der Waals surface area (Å²) in [6.45, 7) is 5.99. The van der Waals surface area contributed by atoms with E-state index in [2.05, 4.69) is 0 Å². The third-order valence-corrected chi connectivity index (χ3v) is 4.04. The van der Waals surface area contributed by atoms with Gasteiger partial charge in [-0.3, -0.25) is 0 Å². The molecule has 1 fully saturated rings. The highest BCUT2D eigenvalue weighted by atomic mass is 16.3. The fraction of sp³-hybridized carbons (Fsp3) is 1.00. The van der Waals surface area contributed by atoms with E-state index in [9.17, 15) is 10.2 Å². The zero-order chi connectivity index (χ0) is 11.5. The van der Waals surface area contributed by atoms with Crippen LogP contribution in [0.15, 0.2) is 0 Å². The number of rotatable bonds is 3. The monoisotopic (exact) mass is 214 g/mol. The van der Waals surface area contributed by atoms with Gasteiger partial charge in [-0.1, -0.05) is 33.1 Å². The van der Waals surface area contributed by atoms with Gasteiger partial charge in [-0.05, 0) is 38.0 Å². The molecule has 0 saturated heterocycles.